The number of amides is 1. The Labute approximate surface area is 155 Å². The Hall–Kier alpha value is -2.90. The smallest absolute Gasteiger partial charge is 0.329 e. The number of carbonyl (C=O) groups excluding carboxylic acids is 1. The quantitative estimate of drug-likeness (QED) is 0.684. The van der Waals surface area contributed by atoms with E-state index in [1.54, 1.807) is 24.3 Å². The van der Waals surface area contributed by atoms with Gasteiger partial charge >= 0.3 is 11.7 Å². The Morgan fingerprint density at radius 1 is 1.11 bits per heavy atom. The van der Waals surface area contributed by atoms with Crippen molar-refractivity contribution >= 4 is 22.8 Å². The van der Waals surface area contributed by atoms with Crippen LogP contribution in [0.1, 0.15) is 44.9 Å². The van der Waals surface area contributed by atoms with Gasteiger partial charge in [0.05, 0.1) is 10.9 Å². The molecular formula is C19H23N3O5. The summed E-state index contributed by atoms with van der Waals surface area (Å²) in [4.78, 5) is 50.5. The number of aliphatic carboxylic acids is 1. The number of benzene rings is 1. The summed E-state index contributed by atoms with van der Waals surface area (Å²) in [5, 5.41) is 12.7. The Balaban J connectivity index is 1.78. The van der Waals surface area contributed by atoms with E-state index in [0.29, 0.717) is 23.7 Å². The van der Waals surface area contributed by atoms with Crippen molar-refractivity contribution in [3.05, 3.63) is 45.1 Å². The van der Waals surface area contributed by atoms with Gasteiger partial charge in [0.25, 0.3) is 5.56 Å². The third-order valence-electron chi connectivity index (χ3n) is 5.21. The topological polar surface area (TPSA) is 121 Å². The molecule has 3 N–H and O–H groups in total. The number of para-hydroxylation sites is 1. The van der Waals surface area contributed by atoms with Crippen LogP contribution < -0.4 is 16.6 Å². The van der Waals surface area contributed by atoms with Crippen LogP contribution in [0.5, 0.6) is 0 Å². The van der Waals surface area contributed by atoms with Crippen LogP contribution in [0.3, 0.4) is 0 Å². The van der Waals surface area contributed by atoms with Crippen LogP contribution >= 0.6 is 0 Å². The van der Waals surface area contributed by atoms with Crippen LogP contribution in [0.25, 0.3) is 10.9 Å². The van der Waals surface area contributed by atoms with Crippen LogP contribution in [0.2, 0.25) is 0 Å². The summed E-state index contributed by atoms with van der Waals surface area (Å²) in [6, 6.07) is 6.66. The highest BCUT2D eigenvalue weighted by molar-refractivity contribution is 5.87. The van der Waals surface area contributed by atoms with Crippen LogP contribution in [0.15, 0.2) is 33.9 Å². The molecule has 1 saturated carbocycles. The van der Waals surface area contributed by atoms with Crippen molar-refractivity contribution in [2.45, 2.75) is 57.0 Å². The van der Waals surface area contributed by atoms with Gasteiger partial charge in [-0.25, -0.2) is 9.59 Å². The summed E-state index contributed by atoms with van der Waals surface area (Å²) in [6.07, 6.45) is 4.22. The minimum atomic E-state index is -1.23. The molecule has 1 aromatic heterocycles. The lowest BCUT2D eigenvalue weighted by molar-refractivity contribution is -0.148. The molecule has 0 aliphatic heterocycles. The van der Waals surface area contributed by atoms with Crippen molar-refractivity contribution in [2.24, 2.45) is 0 Å². The number of hydrogen-bond donors (Lipinski definition) is 3. The van der Waals surface area contributed by atoms with Crippen molar-refractivity contribution in [3.8, 4) is 0 Å². The predicted molar refractivity (Wildman–Crippen MR) is 99.7 cm³/mol. The van der Waals surface area contributed by atoms with Gasteiger partial charge < -0.3 is 10.4 Å². The maximum atomic E-state index is 12.5. The first kappa shape index (κ1) is 18.9. The van der Waals surface area contributed by atoms with E-state index >= 15 is 0 Å². The summed E-state index contributed by atoms with van der Waals surface area (Å²) in [7, 11) is 0. The molecule has 1 amide bonds. The first-order valence-corrected chi connectivity index (χ1v) is 9.19. The molecule has 0 spiro atoms. The number of carboxylic acid groups (broad SMARTS) is 1. The van der Waals surface area contributed by atoms with E-state index in [1.807, 2.05) is 0 Å². The average Bonchev–Trinajstić information content (AvgIpc) is 2.88. The lowest BCUT2D eigenvalue weighted by atomic mass is 9.90. The van der Waals surface area contributed by atoms with E-state index in [1.165, 1.54) is 4.57 Å². The Morgan fingerprint density at radius 3 is 2.44 bits per heavy atom. The molecule has 0 atom stereocenters. The van der Waals surface area contributed by atoms with E-state index in [9.17, 15) is 24.3 Å². The Bertz CT molecular complexity index is 967. The molecule has 144 valence electrons. The monoisotopic (exact) mass is 373 g/mol. The second kappa shape index (κ2) is 7.77. The minimum absolute atomic E-state index is 0.0506. The van der Waals surface area contributed by atoms with Gasteiger partial charge in [-0.05, 0) is 25.0 Å². The number of carboxylic acids is 1. The predicted octanol–water partition coefficient (Wildman–Crippen LogP) is 1.37. The Morgan fingerprint density at radius 2 is 1.78 bits per heavy atom. The van der Waals surface area contributed by atoms with Crippen molar-refractivity contribution in [2.75, 3.05) is 0 Å². The fraction of sp³-hybridized carbons (Fsp3) is 0.474. The number of H-pyrrole nitrogens is 1. The normalized spacial score (nSPS) is 16.6. The molecule has 1 aromatic carbocycles. The lowest BCUT2D eigenvalue weighted by Gasteiger charge is -2.29. The highest BCUT2D eigenvalue weighted by Crippen LogP contribution is 2.27. The molecule has 1 fully saturated rings. The highest BCUT2D eigenvalue weighted by atomic mass is 16.4. The second-order valence-corrected chi connectivity index (χ2v) is 7.03. The van der Waals surface area contributed by atoms with Crippen LogP contribution in [-0.4, -0.2) is 32.1 Å². The van der Waals surface area contributed by atoms with Gasteiger partial charge in [-0.15, -0.1) is 0 Å². The third-order valence-corrected chi connectivity index (χ3v) is 5.21. The third kappa shape index (κ3) is 3.94. The summed E-state index contributed by atoms with van der Waals surface area (Å²) >= 11 is 0. The Kier molecular flexibility index (Phi) is 5.43. The number of nitrogens with one attached hydrogen (secondary N) is 2. The molecule has 8 nitrogen and oxygen atoms in total. The molecule has 1 aliphatic rings. The molecule has 0 saturated heterocycles. The first-order valence-electron chi connectivity index (χ1n) is 9.19. The summed E-state index contributed by atoms with van der Waals surface area (Å²) in [5.41, 5.74) is -1.85. The van der Waals surface area contributed by atoms with Gasteiger partial charge in [0.1, 0.15) is 5.54 Å². The maximum absolute atomic E-state index is 12.5. The second-order valence-electron chi connectivity index (χ2n) is 7.03. The van der Waals surface area contributed by atoms with Crippen molar-refractivity contribution < 1.29 is 14.7 Å². The number of nitrogens with zero attached hydrogens (tertiary/aromatic N) is 1. The van der Waals surface area contributed by atoms with Gasteiger partial charge in [0.2, 0.25) is 5.91 Å². The fourth-order valence-corrected chi connectivity index (χ4v) is 3.73. The van der Waals surface area contributed by atoms with Gasteiger partial charge in [-0.2, -0.15) is 0 Å². The average molecular weight is 373 g/mol. The zero-order chi connectivity index (χ0) is 19.4. The van der Waals surface area contributed by atoms with E-state index < -0.39 is 28.7 Å². The van der Waals surface area contributed by atoms with Gasteiger partial charge in [-0.3, -0.25) is 19.1 Å². The van der Waals surface area contributed by atoms with Gasteiger partial charge in [0.15, 0.2) is 0 Å². The molecule has 0 radical (unpaired) electrons. The van der Waals surface area contributed by atoms with Crippen molar-refractivity contribution in [1.29, 1.82) is 0 Å². The SMILES string of the molecule is O=C(CCn1c(=O)[nH]c(=O)c2ccccc21)NC1(C(=O)O)CCCCCC1. The van der Waals surface area contributed by atoms with Gasteiger partial charge in [-0.1, -0.05) is 37.8 Å². The van der Waals surface area contributed by atoms with E-state index in [0.717, 1.165) is 25.7 Å². The van der Waals surface area contributed by atoms with Crippen molar-refractivity contribution in [1.82, 2.24) is 14.9 Å². The highest BCUT2D eigenvalue weighted by Gasteiger charge is 2.39. The van der Waals surface area contributed by atoms with E-state index in [4.69, 9.17) is 0 Å². The van der Waals surface area contributed by atoms with E-state index in [-0.39, 0.29) is 13.0 Å². The van der Waals surface area contributed by atoms with Gasteiger partial charge in [0, 0.05) is 13.0 Å². The molecule has 1 heterocycles. The van der Waals surface area contributed by atoms with E-state index in [2.05, 4.69) is 10.3 Å². The van der Waals surface area contributed by atoms with Crippen LogP contribution in [0.4, 0.5) is 0 Å². The molecule has 3 rings (SSSR count). The number of fused-ring (bicyclic) bond motifs is 1. The maximum Gasteiger partial charge on any atom is 0.329 e. The lowest BCUT2D eigenvalue weighted by Crippen LogP contribution is -2.54. The standard InChI is InChI=1S/C19H23N3O5/c23-15(21-19(17(25)26)10-5-1-2-6-11-19)9-12-22-14-8-4-3-7-13(14)16(24)20-18(22)27/h3-4,7-8H,1-2,5-6,9-12H2,(H,21,23)(H,25,26)(H,20,24,27). The number of aryl methyl sites for hydroxylation is 1. The molecular weight excluding hydrogens is 350 g/mol. The molecule has 0 bridgehead atoms. The molecule has 1 aliphatic carbocycles. The molecule has 8 heteroatoms. The number of carbonyl (C=O) groups is 2. The number of aromatic nitrogens is 2. The number of hydrogen-bond acceptors (Lipinski definition) is 4. The molecule has 27 heavy (non-hydrogen) atoms. The number of aromatic amines is 1. The number of rotatable bonds is 5. The summed E-state index contributed by atoms with van der Waals surface area (Å²) < 4.78 is 1.33. The molecule has 0 unspecified atom stereocenters. The zero-order valence-electron chi connectivity index (χ0n) is 15.0. The molecule has 2 aromatic rings. The first-order chi connectivity index (χ1) is 12.9. The summed E-state index contributed by atoms with van der Waals surface area (Å²) in [5.74, 6) is -1.43. The van der Waals surface area contributed by atoms with Crippen molar-refractivity contribution in [3.63, 3.8) is 0 Å². The zero-order valence-corrected chi connectivity index (χ0v) is 15.0. The van der Waals surface area contributed by atoms with Crippen LogP contribution in [-0.2, 0) is 16.1 Å². The largest absolute Gasteiger partial charge is 0.480 e. The summed E-state index contributed by atoms with van der Waals surface area (Å²) in [6.45, 7) is 0.0532. The van der Waals surface area contributed by atoms with Crippen LogP contribution in [0, 0.1) is 0 Å². The minimum Gasteiger partial charge on any atom is -0.480 e. The fourth-order valence-electron chi connectivity index (χ4n) is 3.73.